The molecular weight excluding hydrogens is 442 g/mol. The van der Waals surface area contributed by atoms with Gasteiger partial charge in [-0.2, -0.15) is 5.06 Å². The summed E-state index contributed by atoms with van der Waals surface area (Å²) in [6, 6.07) is 11.7. The topological polar surface area (TPSA) is 111 Å². The Morgan fingerprint density at radius 3 is 2.59 bits per heavy atom. The molecule has 3 N–H and O–H groups in total. The first-order valence-electron chi connectivity index (χ1n) is 8.89. The highest BCUT2D eigenvalue weighted by Gasteiger charge is 2.56. The van der Waals surface area contributed by atoms with E-state index in [1.165, 1.54) is 0 Å². The molecule has 9 heteroatoms. The van der Waals surface area contributed by atoms with Crippen LogP contribution in [0.15, 0.2) is 46.9 Å². The number of hydrogen-bond donors (Lipinski definition) is 2. The molecule has 2 aliphatic rings. The number of imide groups is 1. The van der Waals surface area contributed by atoms with Crippen molar-refractivity contribution in [3.63, 3.8) is 0 Å². The van der Waals surface area contributed by atoms with Crippen molar-refractivity contribution in [3.8, 4) is 5.75 Å². The molecule has 0 aliphatic carbocycles. The van der Waals surface area contributed by atoms with Gasteiger partial charge in [-0.1, -0.05) is 28.1 Å². The highest BCUT2D eigenvalue weighted by molar-refractivity contribution is 9.10. The van der Waals surface area contributed by atoms with Gasteiger partial charge in [0.05, 0.1) is 19.1 Å². The number of ether oxygens (including phenoxy) is 1. The molecule has 0 radical (unpaired) electrons. The van der Waals surface area contributed by atoms with Gasteiger partial charge in [0.1, 0.15) is 5.75 Å². The second-order valence-electron chi connectivity index (χ2n) is 6.87. The zero-order chi connectivity index (χ0) is 20.7. The molecule has 2 heterocycles. The van der Waals surface area contributed by atoms with Crippen LogP contribution in [0.2, 0.25) is 0 Å². The van der Waals surface area contributed by atoms with E-state index in [1.807, 2.05) is 12.1 Å². The number of fused-ring (bicyclic) bond motifs is 1. The number of carbonyl (C=O) groups is 3. The van der Waals surface area contributed by atoms with Crippen LogP contribution < -0.4 is 15.8 Å². The lowest BCUT2D eigenvalue weighted by molar-refractivity contribution is -0.178. The van der Waals surface area contributed by atoms with Gasteiger partial charge in [0.2, 0.25) is 11.8 Å². The minimum atomic E-state index is -0.902. The zero-order valence-corrected chi connectivity index (χ0v) is 17.0. The molecule has 0 bridgehead atoms. The zero-order valence-electron chi connectivity index (χ0n) is 15.4. The Morgan fingerprint density at radius 2 is 1.93 bits per heavy atom. The number of methoxy groups -OCH3 is 1. The molecule has 0 spiro atoms. The second kappa shape index (κ2) is 7.58. The lowest BCUT2D eigenvalue weighted by atomic mass is 9.90. The Balaban J connectivity index is 1.72. The third-order valence-corrected chi connectivity index (χ3v) is 5.61. The summed E-state index contributed by atoms with van der Waals surface area (Å²) < 4.78 is 6.31. The molecule has 2 aromatic rings. The normalized spacial score (nSPS) is 23.7. The number of nitrogens with one attached hydrogen (secondary N) is 1. The Labute approximate surface area is 175 Å². The maximum Gasteiger partial charge on any atom is 0.258 e. The predicted octanol–water partition coefficient (Wildman–Crippen LogP) is 1.69. The van der Waals surface area contributed by atoms with Crippen molar-refractivity contribution in [2.45, 2.75) is 18.7 Å². The van der Waals surface area contributed by atoms with Crippen molar-refractivity contribution in [2.75, 3.05) is 7.11 Å². The monoisotopic (exact) mass is 459 g/mol. The van der Waals surface area contributed by atoms with Crippen molar-refractivity contribution < 1.29 is 24.0 Å². The van der Waals surface area contributed by atoms with E-state index in [0.717, 1.165) is 15.6 Å². The van der Waals surface area contributed by atoms with Crippen LogP contribution in [0.1, 0.15) is 27.5 Å². The molecule has 3 unspecified atom stereocenters. The Hall–Kier alpha value is -2.75. The number of benzene rings is 2. The number of nitrogens with two attached hydrogens (primary N) is 1. The number of hydrogen-bond acceptors (Lipinski definition) is 6. The van der Waals surface area contributed by atoms with E-state index in [2.05, 4.69) is 21.2 Å². The van der Waals surface area contributed by atoms with Gasteiger partial charge in [0, 0.05) is 22.1 Å². The molecule has 2 aromatic carbocycles. The first-order chi connectivity index (χ1) is 13.9. The summed E-state index contributed by atoms with van der Waals surface area (Å²) in [5.41, 5.74) is 7.25. The first-order valence-corrected chi connectivity index (χ1v) is 9.68. The van der Waals surface area contributed by atoms with Gasteiger partial charge in [-0.05, 0) is 35.9 Å². The minimum absolute atomic E-state index is 0.299. The fourth-order valence-corrected chi connectivity index (χ4v) is 4.14. The lowest BCUT2D eigenvalue weighted by Crippen LogP contribution is -2.33. The summed E-state index contributed by atoms with van der Waals surface area (Å²) in [6.07, 6.45) is -0.902. The number of amides is 3. The maximum absolute atomic E-state index is 12.5. The Morgan fingerprint density at radius 1 is 1.21 bits per heavy atom. The molecule has 2 saturated heterocycles. The number of halogens is 1. The van der Waals surface area contributed by atoms with E-state index < -0.39 is 29.9 Å². The van der Waals surface area contributed by atoms with Crippen molar-refractivity contribution >= 4 is 33.7 Å². The molecular formula is C20H18BrN3O5. The largest absolute Gasteiger partial charge is 0.496 e. The van der Waals surface area contributed by atoms with Gasteiger partial charge in [0.15, 0.2) is 6.10 Å². The molecule has 150 valence electrons. The average molecular weight is 460 g/mol. The lowest BCUT2D eigenvalue weighted by Gasteiger charge is -2.26. The second-order valence-corrected chi connectivity index (χ2v) is 7.79. The van der Waals surface area contributed by atoms with Crippen LogP contribution in [0.3, 0.4) is 0 Å². The SMILES string of the molecule is COc1ccc(Br)cc1C1C2C(=O)NC(=O)C2ON1Cc1ccc(C(N)=O)cc1. The minimum Gasteiger partial charge on any atom is -0.496 e. The van der Waals surface area contributed by atoms with Gasteiger partial charge < -0.3 is 10.5 Å². The molecule has 2 fully saturated rings. The van der Waals surface area contributed by atoms with E-state index in [0.29, 0.717) is 17.9 Å². The molecule has 3 atom stereocenters. The molecule has 0 aromatic heterocycles. The van der Waals surface area contributed by atoms with Crippen molar-refractivity contribution in [2.24, 2.45) is 11.7 Å². The van der Waals surface area contributed by atoms with Crippen LogP contribution >= 0.6 is 15.9 Å². The van der Waals surface area contributed by atoms with Crippen molar-refractivity contribution in [1.82, 2.24) is 10.4 Å². The summed E-state index contributed by atoms with van der Waals surface area (Å²) in [6.45, 7) is 0.299. The van der Waals surface area contributed by atoms with Gasteiger partial charge in [0.25, 0.3) is 5.91 Å². The number of carbonyl (C=O) groups excluding carboxylic acids is 3. The summed E-state index contributed by atoms with van der Waals surface area (Å²) in [4.78, 5) is 41.9. The summed E-state index contributed by atoms with van der Waals surface area (Å²) in [7, 11) is 1.55. The molecule has 3 amide bonds. The van der Waals surface area contributed by atoms with Crippen LogP contribution in [0.4, 0.5) is 0 Å². The van der Waals surface area contributed by atoms with E-state index in [4.69, 9.17) is 15.3 Å². The number of primary amides is 1. The summed E-state index contributed by atoms with van der Waals surface area (Å²) in [5.74, 6) is -1.45. The third-order valence-electron chi connectivity index (χ3n) is 5.12. The van der Waals surface area contributed by atoms with Crippen LogP contribution in [0.25, 0.3) is 0 Å². The van der Waals surface area contributed by atoms with Gasteiger partial charge >= 0.3 is 0 Å². The molecule has 2 aliphatic heterocycles. The fourth-order valence-electron chi connectivity index (χ4n) is 3.76. The standard InChI is InChI=1S/C20H18BrN3O5/c1-28-14-7-6-12(21)8-13(14)16-15-17(20(27)23-19(15)26)29-24(16)9-10-2-4-11(5-3-10)18(22)25/h2-8,15-17H,9H2,1H3,(H2,22,25)(H,23,26,27). The molecule has 0 saturated carbocycles. The average Bonchev–Trinajstić information content (AvgIpc) is 3.19. The fraction of sp³-hybridized carbons (Fsp3) is 0.250. The maximum atomic E-state index is 12.5. The van der Waals surface area contributed by atoms with E-state index >= 15 is 0 Å². The summed E-state index contributed by atoms with van der Waals surface area (Å²) in [5, 5.41) is 3.96. The quantitative estimate of drug-likeness (QED) is 0.658. The van der Waals surface area contributed by atoms with Crippen LogP contribution in [0.5, 0.6) is 5.75 Å². The van der Waals surface area contributed by atoms with Crippen LogP contribution in [-0.2, 0) is 21.0 Å². The molecule has 29 heavy (non-hydrogen) atoms. The van der Waals surface area contributed by atoms with E-state index in [9.17, 15) is 14.4 Å². The third kappa shape index (κ3) is 3.52. The van der Waals surface area contributed by atoms with Crippen LogP contribution in [-0.4, -0.2) is 36.0 Å². The first kappa shape index (κ1) is 19.6. The van der Waals surface area contributed by atoms with E-state index in [-0.39, 0.29) is 5.91 Å². The molecule has 4 rings (SSSR count). The van der Waals surface area contributed by atoms with Crippen molar-refractivity contribution in [1.29, 1.82) is 0 Å². The van der Waals surface area contributed by atoms with E-state index in [1.54, 1.807) is 42.5 Å². The highest BCUT2D eigenvalue weighted by Crippen LogP contribution is 2.46. The summed E-state index contributed by atoms with van der Waals surface area (Å²) >= 11 is 3.45. The predicted molar refractivity (Wildman–Crippen MR) is 105 cm³/mol. The van der Waals surface area contributed by atoms with Gasteiger partial charge in [-0.25, -0.2) is 0 Å². The Bertz CT molecular complexity index is 994. The molecule has 8 nitrogen and oxygen atoms in total. The highest BCUT2D eigenvalue weighted by atomic mass is 79.9. The number of hydroxylamine groups is 2. The van der Waals surface area contributed by atoms with Gasteiger partial charge in [-0.3, -0.25) is 24.5 Å². The Kier molecular flexibility index (Phi) is 5.12. The smallest absolute Gasteiger partial charge is 0.258 e. The number of nitrogens with zero attached hydrogens (tertiary/aromatic N) is 1. The number of rotatable bonds is 5. The van der Waals surface area contributed by atoms with Crippen LogP contribution in [0, 0.1) is 5.92 Å². The van der Waals surface area contributed by atoms with Gasteiger partial charge in [-0.15, -0.1) is 0 Å². The van der Waals surface area contributed by atoms with Crippen molar-refractivity contribution in [3.05, 3.63) is 63.6 Å².